The molecule has 0 bridgehead atoms. The number of esters is 1. The summed E-state index contributed by atoms with van der Waals surface area (Å²) in [6, 6.07) is 11.1. The van der Waals surface area contributed by atoms with E-state index in [1.54, 1.807) is 41.9 Å². The Morgan fingerprint density at radius 2 is 1.96 bits per heavy atom. The number of pyridine rings is 1. The minimum absolute atomic E-state index is 0.363. The topological polar surface area (TPSA) is 74.3 Å². The highest BCUT2D eigenvalue weighted by molar-refractivity contribution is 5.90. The van der Waals surface area contributed by atoms with Gasteiger partial charge in [-0.15, -0.1) is 0 Å². The first-order valence-electron chi connectivity index (χ1n) is 7.78. The van der Waals surface area contributed by atoms with E-state index in [0.29, 0.717) is 5.56 Å². The van der Waals surface area contributed by atoms with Crippen LogP contribution in [0.4, 0.5) is 0 Å². The molecular weight excluding hydrogens is 318 g/mol. The lowest BCUT2D eigenvalue weighted by atomic mass is 10.1. The Morgan fingerprint density at radius 1 is 1.12 bits per heavy atom. The molecule has 1 atom stereocenters. The third-order valence-electron chi connectivity index (χ3n) is 3.98. The largest absolute Gasteiger partial charge is 0.454 e. The maximum atomic E-state index is 12.4. The molecular formula is C18H15N5O2. The number of ether oxygens (including phenoxy) is 1. The molecule has 0 aliphatic carbocycles. The molecule has 0 amide bonds. The number of hydrogen-bond acceptors (Lipinski definition) is 5. The van der Waals surface area contributed by atoms with Crippen LogP contribution >= 0.6 is 0 Å². The van der Waals surface area contributed by atoms with Crippen molar-refractivity contribution < 1.29 is 9.53 Å². The van der Waals surface area contributed by atoms with Crippen LogP contribution in [0, 0.1) is 0 Å². The molecule has 0 aliphatic rings. The number of rotatable bonds is 4. The van der Waals surface area contributed by atoms with Gasteiger partial charge in [-0.1, -0.05) is 12.1 Å². The van der Waals surface area contributed by atoms with Crippen molar-refractivity contribution in [2.75, 3.05) is 0 Å². The predicted octanol–water partition coefficient (Wildman–Crippen LogP) is 2.83. The van der Waals surface area contributed by atoms with Crippen LogP contribution in [-0.2, 0) is 4.74 Å². The lowest BCUT2D eigenvalue weighted by Gasteiger charge is -2.14. The second kappa shape index (κ2) is 6.20. The molecule has 1 aromatic carbocycles. The Labute approximate surface area is 143 Å². The summed E-state index contributed by atoms with van der Waals surface area (Å²) in [4.78, 5) is 20.3. The van der Waals surface area contributed by atoms with Gasteiger partial charge in [-0.2, -0.15) is 5.10 Å². The van der Waals surface area contributed by atoms with Crippen LogP contribution in [0.25, 0.3) is 11.2 Å². The molecule has 0 radical (unpaired) electrons. The van der Waals surface area contributed by atoms with Crippen LogP contribution in [0.5, 0.6) is 0 Å². The molecule has 7 nitrogen and oxygen atoms in total. The van der Waals surface area contributed by atoms with Gasteiger partial charge in [0.15, 0.2) is 0 Å². The monoisotopic (exact) mass is 333 g/mol. The van der Waals surface area contributed by atoms with Gasteiger partial charge in [0.05, 0.1) is 29.3 Å². The highest BCUT2D eigenvalue weighted by Gasteiger charge is 2.14. The molecule has 124 valence electrons. The molecule has 0 spiro atoms. The zero-order chi connectivity index (χ0) is 17.2. The van der Waals surface area contributed by atoms with Crippen molar-refractivity contribution in [3.8, 4) is 5.69 Å². The number of carbonyl (C=O) groups is 1. The number of aromatic nitrogens is 5. The first-order chi connectivity index (χ1) is 12.2. The molecule has 0 aliphatic heterocycles. The summed E-state index contributed by atoms with van der Waals surface area (Å²) in [5, 5.41) is 4.08. The second-order valence-electron chi connectivity index (χ2n) is 5.62. The fraction of sp³-hybridized carbons (Fsp3) is 0.111. The van der Waals surface area contributed by atoms with Gasteiger partial charge in [0.2, 0.25) is 0 Å². The van der Waals surface area contributed by atoms with Gasteiger partial charge in [0, 0.05) is 6.20 Å². The number of carbonyl (C=O) groups excluding carboxylic acids is 1. The van der Waals surface area contributed by atoms with Crippen molar-refractivity contribution in [1.82, 2.24) is 24.1 Å². The normalized spacial score (nSPS) is 12.2. The van der Waals surface area contributed by atoms with E-state index in [2.05, 4.69) is 15.1 Å². The number of fused-ring (bicyclic) bond motifs is 1. The predicted molar refractivity (Wildman–Crippen MR) is 90.4 cm³/mol. The Kier molecular flexibility index (Phi) is 3.74. The fourth-order valence-corrected chi connectivity index (χ4v) is 2.58. The molecule has 0 N–H and O–H groups in total. The lowest BCUT2D eigenvalue weighted by molar-refractivity contribution is 0.0338. The molecule has 25 heavy (non-hydrogen) atoms. The maximum Gasteiger partial charge on any atom is 0.338 e. The maximum absolute atomic E-state index is 12.4. The quantitative estimate of drug-likeness (QED) is 0.537. The Hall–Kier alpha value is -3.48. The highest BCUT2D eigenvalue weighted by Crippen LogP contribution is 2.20. The lowest BCUT2D eigenvalue weighted by Crippen LogP contribution is -2.09. The van der Waals surface area contributed by atoms with E-state index in [1.807, 2.05) is 35.6 Å². The summed E-state index contributed by atoms with van der Waals surface area (Å²) in [6.45, 7) is 1.85. The molecule has 4 aromatic rings. The number of nitrogens with zero attached hydrogens (tertiary/aromatic N) is 5. The smallest absolute Gasteiger partial charge is 0.338 e. The van der Waals surface area contributed by atoms with Crippen LogP contribution in [0.2, 0.25) is 0 Å². The van der Waals surface area contributed by atoms with E-state index < -0.39 is 0 Å². The van der Waals surface area contributed by atoms with Crippen molar-refractivity contribution in [3.05, 3.63) is 78.9 Å². The standard InChI is InChI=1S/C18H15N5O2/c1-13(14-2-4-16(5-3-14)23-12-20-10-21-23)25-18(24)15-6-7-22-11-19-9-17(22)8-15/h2-13H,1H3. The van der Waals surface area contributed by atoms with Crippen molar-refractivity contribution in [2.24, 2.45) is 0 Å². The van der Waals surface area contributed by atoms with Gasteiger partial charge in [0.1, 0.15) is 18.8 Å². The molecule has 7 heteroatoms. The Morgan fingerprint density at radius 3 is 2.72 bits per heavy atom. The summed E-state index contributed by atoms with van der Waals surface area (Å²) in [6.07, 6.45) is 7.92. The van der Waals surface area contributed by atoms with Crippen molar-refractivity contribution in [1.29, 1.82) is 0 Å². The number of hydrogen-bond donors (Lipinski definition) is 0. The van der Waals surface area contributed by atoms with Gasteiger partial charge < -0.3 is 9.14 Å². The summed E-state index contributed by atoms with van der Waals surface area (Å²) in [7, 11) is 0. The molecule has 0 saturated heterocycles. The average Bonchev–Trinajstić information content (AvgIpc) is 3.32. The fourth-order valence-electron chi connectivity index (χ4n) is 2.58. The summed E-state index contributed by atoms with van der Waals surface area (Å²) < 4.78 is 9.08. The minimum atomic E-state index is -0.364. The Bertz CT molecular complexity index is 1010. The zero-order valence-corrected chi connectivity index (χ0v) is 13.5. The number of benzene rings is 1. The van der Waals surface area contributed by atoms with Crippen molar-refractivity contribution in [2.45, 2.75) is 13.0 Å². The first kappa shape index (κ1) is 15.1. The van der Waals surface area contributed by atoms with Crippen LogP contribution in [0.15, 0.2) is 67.8 Å². The van der Waals surface area contributed by atoms with E-state index >= 15 is 0 Å². The summed E-state index contributed by atoms with van der Waals surface area (Å²) in [5.41, 5.74) is 3.15. The first-order valence-corrected chi connectivity index (χ1v) is 7.78. The van der Waals surface area contributed by atoms with Gasteiger partial charge in [-0.3, -0.25) is 0 Å². The minimum Gasteiger partial charge on any atom is -0.454 e. The van der Waals surface area contributed by atoms with Gasteiger partial charge in [-0.25, -0.2) is 19.4 Å². The van der Waals surface area contributed by atoms with Crippen molar-refractivity contribution >= 4 is 11.5 Å². The molecule has 0 fully saturated rings. The second-order valence-corrected chi connectivity index (χ2v) is 5.62. The average molecular weight is 333 g/mol. The third-order valence-corrected chi connectivity index (χ3v) is 3.98. The van der Waals surface area contributed by atoms with Crippen LogP contribution in [-0.4, -0.2) is 30.1 Å². The molecule has 4 rings (SSSR count). The molecule has 3 heterocycles. The summed E-state index contributed by atoms with van der Waals surface area (Å²) >= 11 is 0. The summed E-state index contributed by atoms with van der Waals surface area (Å²) in [5.74, 6) is -0.364. The van der Waals surface area contributed by atoms with E-state index in [-0.39, 0.29) is 12.1 Å². The third kappa shape index (κ3) is 2.99. The van der Waals surface area contributed by atoms with Crippen LogP contribution < -0.4 is 0 Å². The van der Waals surface area contributed by atoms with E-state index in [9.17, 15) is 4.79 Å². The van der Waals surface area contributed by atoms with Crippen molar-refractivity contribution in [3.63, 3.8) is 0 Å². The number of imidazole rings is 1. The van der Waals surface area contributed by atoms with Gasteiger partial charge >= 0.3 is 5.97 Å². The molecule has 3 aromatic heterocycles. The van der Waals surface area contributed by atoms with Gasteiger partial charge in [-0.05, 0) is 36.8 Å². The van der Waals surface area contributed by atoms with E-state index in [4.69, 9.17) is 4.74 Å². The van der Waals surface area contributed by atoms with E-state index in [0.717, 1.165) is 16.8 Å². The highest BCUT2D eigenvalue weighted by atomic mass is 16.5. The van der Waals surface area contributed by atoms with Crippen LogP contribution in [0.3, 0.4) is 0 Å². The van der Waals surface area contributed by atoms with E-state index in [1.165, 1.54) is 6.33 Å². The molecule has 0 saturated carbocycles. The van der Waals surface area contributed by atoms with Gasteiger partial charge in [0.25, 0.3) is 0 Å². The van der Waals surface area contributed by atoms with Crippen LogP contribution in [0.1, 0.15) is 28.9 Å². The SMILES string of the molecule is CC(OC(=O)c1ccn2cncc2c1)c1ccc(-n2cncn2)cc1. The zero-order valence-electron chi connectivity index (χ0n) is 13.5. The Balaban J connectivity index is 1.49. The molecule has 1 unspecified atom stereocenters.